The molecule has 1 atom stereocenters. The summed E-state index contributed by atoms with van der Waals surface area (Å²) >= 11 is 6.25. The van der Waals surface area contributed by atoms with Crippen molar-refractivity contribution in [1.29, 1.82) is 5.26 Å². The van der Waals surface area contributed by atoms with Crippen molar-refractivity contribution in [3.05, 3.63) is 93.8 Å². The summed E-state index contributed by atoms with van der Waals surface area (Å²) in [6.45, 7) is 0. The Bertz CT molecular complexity index is 1390. The molecule has 7 nitrogen and oxygen atoms in total. The number of methoxy groups -OCH3 is 2. The number of Topliss-reactive ketones (excluding diaryl/α,β-unsaturated/α-hetero) is 1. The quantitative estimate of drug-likeness (QED) is 0.306. The van der Waals surface area contributed by atoms with Gasteiger partial charge in [0.1, 0.15) is 23.1 Å². The van der Waals surface area contributed by atoms with E-state index in [-0.39, 0.29) is 27.7 Å². The van der Waals surface area contributed by atoms with Crippen LogP contribution < -0.4 is 14.4 Å². The average molecular weight is 493 g/mol. The van der Waals surface area contributed by atoms with E-state index < -0.39 is 29.3 Å². The summed E-state index contributed by atoms with van der Waals surface area (Å²) in [6, 6.07) is 15.0. The highest BCUT2D eigenvalue weighted by atomic mass is 35.5. The maximum absolute atomic E-state index is 13.7. The number of carbonyl (C=O) groups excluding carboxylic acids is 2. The van der Waals surface area contributed by atoms with Gasteiger partial charge in [0.2, 0.25) is 0 Å². The topological polar surface area (TPSA) is 99.9 Å². The molecule has 1 aliphatic rings. The molecule has 1 fully saturated rings. The first-order chi connectivity index (χ1) is 16.8. The van der Waals surface area contributed by atoms with E-state index >= 15 is 0 Å². The molecule has 0 spiro atoms. The predicted molar refractivity (Wildman–Crippen MR) is 127 cm³/mol. The number of nitrogens with zero attached hydrogens (tertiary/aromatic N) is 2. The van der Waals surface area contributed by atoms with E-state index in [1.54, 1.807) is 0 Å². The molecule has 1 unspecified atom stereocenters. The number of rotatable bonds is 5. The van der Waals surface area contributed by atoms with E-state index in [0.29, 0.717) is 16.8 Å². The fourth-order valence-electron chi connectivity index (χ4n) is 3.95. The van der Waals surface area contributed by atoms with Gasteiger partial charge in [0.25, 0.3) is 11.7 Å². The molecule has 0 saturated carbocycles. The summed E-state index contributed by atoms with van der Waals surface area (Å²) in [5, 5.41) is 20.6. The van der Waals surface area contributed by atoms with Gasteiger partial charge < -0.3 is 14.6 Å². The van der Waals surface area contributed by atoms with Crippen molar-refractivity contribution >= 4 is 34.7 Å². The van der Waals surface area contributed by atoms with Gasteiger partial charge in [-0.25, -0.2) is 4.39 Å². The number of aliphatic hydroxyl groups excluding tert-OH is 1. The molecule has 4 rings (SSSR count). The second-order valence-electron chi connectivity index (χ2n) is 7.57. The average Bonchev–Trinajstić information content (AvgIpc) is 3.14. The van der Waals surface area contributed by atoms with Crippen LogP contribution >= 0.6 is 11.6 Å². The number of anilines is 1. The van der Waals surface area contributed by atoms with Gasteiger partial charge in [-0.05, 0) is 48.0 Å². The maximum Gasteiger partial charge on any atom is 0.300 e. The van der Waals surface area contributed by atoms with Crippen LogP contribution in [0.2, 0.25) is 5.02 Å². The van der Waals surface area contributed by atoms with Crippen molar-refractivity contribution in [3.63, 3.8) is 0 Å². The minimum atomic E-state index is -1.09. The Morgan fingerprint density at radius 3 is 2.23 bits per heavy atom. The van der Waals surface area contributed by atoms with Gasteiger partial charge in [-0.2, -0.15) is 5.26 Å². The van der Waals surface area contributed by atoms with Crippen LogP contribution in [0, 0.1) is 17.1 Å². The second kappa shape index (κ2) is 9.49. The van der Waals surface area contributed by atoms with Crippen molar-refractivity contribution in [2.75, 3.05) is 19.1 Å². The van der Waals surface area contributed by atoms with Gasteiger partial charge in [-0.3, -0.25) is 14.5 Å². The first kappa shape index (κ1) is 23.8. The summed E-state index contributed by atoms with van der Waals surface area (Å²) in [4.78, 5) is 27.6. The lowest BCUT2D eigenvalue weighted by Crippen LogP contribution is -2.29. The van der Waals surface area contributed by atoms with E-state index in [4.69, 9.17) is 26.3 Å². The van der Waals surface area contributed by atoms with Crippen LogP contribution in [0.4, 0.5) is 10.1 Å². The van der Waals surface area contributed by atoms with Crippen LogP contribution in [-0.4, -0.2) is 31.0 Å². The third kappa shape index (κ3) is 4.18. The Balaban J connectivity index is 1.97. The van der Waals surface area contributed by atoms with E-state index in [0.717, 1.165) is 0 Å². The van der Waals surface area contributed by atoms with E-state index in [1.165, 1.54) is 79.8 Å². The Hall–Kier alpha value is -4.35. The minimum absolute atomic E-state index is 0.0724. The maximum atomic E-state index is 13.7. The molecule has 0 aliphatic carbocycles. The van der Waals surface area contributed by atoms with Crippen LogP contribution in [0.3, 0.4) is 0 Å². The van der Waals surface area contributed by atoms with Crippen LogP contribution in [-0.2, 0) is 9.59 Å². The summed E-state index contributed by atoms with van der Waals surface area (Å²) in [6.07, 6.45) is 0. The molecule has 0 bridgehead atoms. The third-order valence-electron chi connectivity index (χ3n) is 5.63. The van der Waals surface area contributed by atoms with Gasteiger partial charge in [-0.15, -0.1) is 0 Å². The number of amides is 1. The van der Waals surface area contributed by atoms with E-state index in [2.05, 4.69) is 0 Å². The van der Waals surface area contributed by atoms with E-state index in [1.807, 2.05) is 6.07 Å². The van der Waals surface area contributed by atoms with Crippen LogP contribution in [0.5, 0.6) is 11.5 Å². The Morgan fingerprint density at radius 1 is 1.03 bits per heavy atom. The van der Waals surface area contributed by atoms with Gasteiger partial charge in [0.05, 0.1) is 48.1 Å². The molecule has 9 heteroatoms. The highest BCUT2D eigenvalue weighted by Gasteiger charge is 2.47. The van der Waals surface area contributed by atoms with Crippen molar-refractivity contribution in [2.24, 2.45) is 0 Å². The van der Waals surface area contributed by atoms with E-state index in [9.17, 15) is 19.1 Å². The number of carbonyl (C=O) groups is 2. The number of ether oxygens (including phenoxy) is 2. The smallest absolute Gasteiger partial charge is 0.300 e. The van der Waals surface area contributed by atoms with Crippen molar-refractivity contribution < 1.29 is 28.6 Å². The Morgan fingerprint density at radius 2 is 1.66 bits per heavy atom. The standard InChI is InChI=1S/C26H18ClFN2O5/c1-34-20-12-21(35-2)19(27)11-18(20)24(31)22-23(15-5-7-16(28)8-6-15)30(26(33)25(22)32)17-9-3-14(13-29)4-10-17/h3-12,23,31H,1-2H3/b24-22+. The first-order valence-electron chi connectivity index (χ1n) is 10.3. The lowest BCUT2D eigenvalue weighted by atomic mass is 9.94. The first-order valence-corrected chi connectivity index (χ1v) is 10.7. The second-order valence-corrected chi connectivity index (χ2v) is 7.97. The highest BCUT2D eigenvalue weighted by molar-refractivity contribution is 6.51. The molecule has 1 amide bonds. The molecule has 35 heavy (non-hydrogen) atoms. The summed E-state index contributed by atoms with van der Waals surface area (Å²) in [5.41, 5.74) is 0.907. The number of nitriles is 1. The number of benzene rings is 3. The third-order valence-corrected chi connectivity index (χ3v) is 5.93. The number of ketones is 1. The monoisotopic (exact) mass is 492 g/mol. The summed E-state index contributed by atoms with van der Waals surface area (Å²) < 4.78 is 24.2. The van der Waals surface area contributed by atoms with Gasteiger partial charge in [0, 0.05) is 11.8 Å². The zero-order chi connectivity index (χ0) is 25.3. The number of aliphatic hydroxyl groups is 1. The Kier molecular flexibility index (Phi) is 6.45. The fraction of sp³-hybridized carbons (Fsp3) is 0.115. The Labute approximate surface area is 205 Å². The molecule has 1 aliphatic heterocycles. The molecular weight excluding hydrogens is 475 g/mol. The lowest BCUT2D eigenvalue weighted by Gasteiger charge is -2.25. The summed E-state index contributed by atoms with van der Waals surface area (Å²) in [7, 11) is 2.78. The predicted octanol–water partition coefficient (Wildman–Crippen LogP) is 4.99. The summed E-state index contributed by atoms with van der Waals surface area (Å²) in [5.74, 6) is -2.43. The zero-order valence-corrected chi connectivity index (χ0v) is 19.3. The zero-order valence-electron chi connectivity index (χ0n) is 18.6. The molecule has 3 aromatic rings. The van der Waals surface area contributed by atoms with Crippen LogP contribution in [0.1, 0.15) is 22.7 Å². The van der Waals surface area contributed by atoms with Gasteiger partial charge >= 0.3 is 0 Å². The van der Waals surface area contributed by atoms with Crippen LogP contribution in [0.25, 0.3) is 5.76 Å². The number of hydrogen-bond acceptors (Lipinski definition) is 6. The van der Waals surface area contributed by atoms with Crippen molar-refractivity contribution in [1.82, 2.24) is 0 Å². The number of hydrogen-bond donors (Lipinski definition) is 1. The SMILES string of the molecule is COc1cc(OC)c(/C(O)=C2\C(=O)C(=O)N(c3ccc(C#N)cc3)C2c2ccc(F)cc2)cc1Cl. The fourth-order valence-corrected chi connectivity index (χ4v) is 4.19. The largest absolute Gasteiger partial charge is 0.507 e. The molecule has 176 valence electrons. The molecule has 1 heterocycles. The highest BCUT2D eigenvalue weighted by Crippen LogP contribution is 2.44. The molecule has 3 aromatic carbocycles. The van der Waals surface area contributed by atoms with Gasteiger partial charge in [0.15, 0.2) is 0 Å². The molecular formula is C26H18ClFN2O5. The van der Waals surface area contributed by atoms with Crippen LogP contribution in [0.15, 0.2) is 66.2 Å². The van der Waals surface area contributed by atoms with Gasteiger partial charge in [-0.1, -0.05) is 23.7 Å². The molecule has 1 N–H and O–H groups in total. The van der Waals surface area contributed by atoms with Crippen molar-refractivity contribution in [2.45, 2.75) is 6.04 Å². The number of halogens is 2. The minimum Gasteiger partial charge on any atom is -0.507 e. The van der Waals surface area contributed by atoms with Crippen molar-refractivity contribution in [3.8, 4) is 17.6 Å². The molecule has 0 aromatic heterocycles. The lowest BCUT2D eigenvalue weighted by molar-refractivity contribution is -0.132. The molecule has 0 radical (unpaired) electrons. The normalized spacial score (nSPS) is 16.8. The molecule has 1 saturated heterocycles.